The van der Waals surface area contributed by atoms with Crippen LogP contribution in [-0.4, -0.2) is 73.7 Å². The number of nitro groups is 1. The number of fused-ring (bicyclic) bond motifs is 2. The number of carbonyl (C=O) groups excluding carboxylic acids is 1. The van der Waals surface area contributed by atoms with Crippen LogP contribution >= 0.6 is 11.6 Å². The third-order valence-electron chi connectivity index (χ3n) is 7.81. The van der Waals surface area contributed by atoms with Gasteiger partial charge in [-0.3, -0.25) is 24.3 Å². The predicted molar refractivity (Wildman–Crippen MR) is 141 cm³/mol. The number of amides is 1. The highest BCUT2D eigenvalue weighted by molar-refractivity contribution is 6.33. The number of benzene rings is 2. The van der Waals surface area contributed by atoms with Crippen molar-refractivity contribution in [2.24, 2.45) is 0 Å². The van der Waals surface area contributed by atoms with Gasteiger partial charge in [0.2, 0.25) is 5.50 Å². The summed E-state index contributed by atoms with van der Waals surface area (Å²) in [6.07, 6.45) is 3.40. The Morgan fingerprint density at radius 1 is 1.11 bits per heavy atom. The van der Waals surface area contributed by atoms with Gasteiger partial charge in [-0.05, 0) is 42.5 Å². The molecular weight excluding hydrogens is 482 g/mol. The van der Waals surface area contributed by atoms with E-state index in [4.69, 9.17) is 22.1 Å². The maximum atomic E-state index is 14.1. The van der Waals surface area contributed by atoms with E-state index in [9.17, 15) is 14.9 Å². The van der Waals surface area contributed by atoms with Crippen molar-refractivity contribution in [3.63, 3.8) is 0 Å². The average Bonchev–Trinajstić information content (AvgIpc) is 2.91. The fourth-order valence-electron chi connectivity index (χ4n) is 5.85. The van der Waals surface area contributed by atoms with E-state index in [0.29, 0.717) is 42.2 Å². The van der Waals surface area contributed by atoms with Gasteiger partial charge in [-0.25, -0.2) is 0 Å². The summed E-state index contributed by atoms with van der Waals surface area (Å²) >= 11 is 7.23. The molecule has 0 spiro atoms. The van der Waals surface area contributed by atoms with Crippen LogP contribution in [0.1, 0.15) is 24.0 Å². The zero-order valence-electron chi connectivity index (χ0n) is 20.4. The molecule has 9 nitrogen and oxygen atoms in total. The maximum absolute atomic E-state index is 14.1. The number of aryl methyl sites for hydroxylation is 2. The van der Waals surface area contributed by atoms with E-state index in [1.165, 1.54) is 17.7 Å². The second-order valence-electron chi connectivity index (χ2n) is 9.93. The van der Waals surface area contributed by atoms with Crippen LogP contribution in [0.25, 0.3) is 0 Å². The van der Waals surface area contributed by atoms with Crippen molar-refractivity contribution < 1.29 is 14.5 Å². The van der Waals surface area contributed by atoms with Gasteiger partial charge in [0.25, 0.3) is 5.69 Å². The SMILES string of the molecule is Nc1ccc2c(c1)[N+](CCN1CCOCC1)(C(Cl)C(=O)N1CCCc3ccc([N+](=O)[O-])cc31)CCC2. The molecule has 2 N–H and O–H groups in total. The van der Waals surface area contributed by atoms with Gasteiger partial charge in [-0.1, -0.05) is 12.1 Å². The number of quaternary nitrogens is 1. The van der Waals surface area contributed by atoms with E-state index in [1.54, 1.807) is 11.0 Å². The minimum Gasteiger partial charge on any atom is -0.399 e. The van der Waals surface area contributed by atoms with Gasteiger partial charge in [-0.15, -0.1) is 0 Å². The number of alkyl halides is 1. The summed E-state index contributed by atoms with van der Waals surface area (Å²) < 4.78 is 5.83. The first-order valence-electron chi connectivity index (χ1n) is 12.7. The molecule has 192 valence electrons. The van der Waals surface area contributed by atoms with Crippen molar-refractivity contribution in [2.45, 2.75) is 31.2 Å². The smallest absolute Gasteiger partial charge is 0.302 e. The van der Waals surface area contributed by atoms with Crippen LogP contribution in [0.3, 0.4) is 0 Å². The van der Waals surface area contributed by atoms with Crippen molar-refractivity contribution in [1.29, 1.82) is 0 Å². The first-order valence-corrected chi connectivity index (χ1v) is 13.1. The number of halogens is 1. The summed E-state index contributed by atoms with van der Waals surface area (Å²) in [4.78, 5) is 29.2. The predicted octanol–water partition coefficient (Wildman–Crippen LogP) is 3.31. The molecule has 5 rings (SSSR count). The Hall–Kier alpha value is -2.72. The third kappa shape index (κ3) is 4.68. The lowest BCUT2D eigenvalue weighted by Gasteiger charge is -2.46. The van der Waals surface area contributed by atoms with Gasteiger partial charge in [-0.2, -0.15) is 0 Å². The molecule has 0 radical (unpaired) electrons. The molecule has 0 aliphatic carbocycles. The molecule has 0 bridgehead atoms. The molecule has 10 heteroatoms. The molecule has 0 saturated carbocycles. The van der Waals surface area contributed by atoms with Crippen LogP contribution < -0.4 is 15.1 Å². The molecule has 1 amide bonds. The van der Waals surface area contributed by atoms with Crippen molar-refractivity contribution in [2.75, 3.05) is 63.1 Å². The molecule has 2 unspecified atom stereocenters. The largest absolute Gasteiger partial charge is 0.399 e. The molecule has 2 atom stereocenters. The summed E-state index contributed by atoms with van der Waals surface area (Å²) in [5.74, 6) is -0.213. The lowest BCUT2D eigenvalue weighted by molar-refractivity contribution is -0.384. The molecule has 3 aliphatic heterocycles. The number of nitrogens with zero attached hydrogens (tertiary/aromatic N) is 4. The van der Waals surface area contributed by atoms with E-state index < -0.39 is 10.4 Å². The lowest BCUT2D eigenvalue weighted by Crippen LogP contribution is -2.65. The fourth-order valence-corrected chi connectivity index (χ4v) is 6.27. The molecule has 1 fully saturated rings. The summed E-state index contributed by atoms with van der Waals surface area (Å²) in [6.45, 7) is 5.80. The Morgan fingerprint density at radius 2 is 1.86 bits per heavy atom. The molecule has 3 aliphatic rings. The molecule has 0 aromatic heterocycles. The highest BCUT2D eigenvalue weighted by Gasteiger charge is 2.48. The van der Waals surface area contributed by atoms with Gasteiger partial charge < -0.3 is 15.4 Å². The second kappa shape index (κ2) is 10.3. The fraction of sp³-hybridized carbons (Fsp3) is 0.500. The zero-order chi connectivity index (χ0) is 25.3. The van der Waals surface area contributed by atoms with Crippen molar-refractivity contribution >= 4 is 40.3 Å². The summed E-state index contributed by atoms with van der Waals surface area (Å²) in [5.41, 5.74) is 9.70. The number of nitrogen functional groups attached to an aromatic ring is 1. The molecule has 2 aromatic rings. The van der Waals surface area contributed by atoms with Gasteiger partial charge in [0.05, 0.1) is 36.9 Å². The van der Waals surface area contributed by atoms with Crippen LogP contribution in [0.4, 0.5) is 22.7 Å². The monoisotopic (exact) mass is 514 g/mol. The molecule has 2 aromatic carbocycles. The Labute approximate surface area is 216 Å². The quantitative estimate of drug-likeness (QED) is 0.158. The van der Waals surface area contributed by atoms with Crippen LogP contribution in [0.5, 0.6) is 0 Å². The lowest BCUT2D eigenvalue weighted by atomic mass is 9.97. The Bertz CT molecular complexity index is 1160. The topological polar surface area (TPSA) is 102 Å². The van der Waals surface area contributed by atoms with Crippen LogP contribution in [0, 0.1) is 10.1 Å². The summed E-state index contributed by atoms with van der Waals surface area (Å²) in [5, 5.41) is 11.4. The van der Waals surface area contributed by atoms with Gasteiger partial charge in [0, 0.05) is 62.0 Å². The van der Waals surface area contributed by atoms with E-state index >= 15 is 0 Å². The third-order valence-corrected chi connectivity index (χ3v) is 8.37. The van der Waals surface area contributed by atoms with Gasteiger partial charge in [0.15, 0.2) is 0 Å². The number of non-ortho nitro benzene ring substituents is 1. The van der Waals surface area contributed by atoms with Gasteiger partial charge in [0.1, 0.15) is 5.69 Å². The minimum absolute atomic E-state index is 0.0214. The normalized spacial score (nSPS) is 23.0. The standard InChI is InChI=1S/C26H33ClN5O4/c27-25(26(33)30-9-1-3-19-6-8-22(31(34)35)18-23(19)30)32(14-10-29-11-15-36-16-12-29)13-2-4-20-5-7-21(28)17-24(20)32/h5-8,17-18,25H,1-4,9-16,28H2/q+1. The van der Waals surface area contributed by atoms with E-state index in [2.05, 4.69) is 11.0 Å². The molecule has 3 heterocycles. The number of hydrogen-bond acceptors (Lipinski definition) is 6. The number of nitrogens with two attached hydrogens (primary N) is 1. The number of hydrogen-bond donors (Lipinski definition) is 1. The molecule has 36 heavy (non-hydrogen) atoms. The van der Waals surface area contributed by atoms with Crippen molar-refractivity contribution in [3.8, 4) is 0 Å². The van der Waals surface area contributed by atoms with E-state index in [-0.39, 0.29) is 11.6 Å². The number of ether oxygens (including phenoxy) is 1. The van der Waals surface area contributed by atoms with E-state index in [1.807, 2.05) is 12.1 Å². The van der Waals surface area contributed by atoms with E-state index in [0.717, 1.165) is 63.1 Å². The molecule has 1 saturated heterocycles. The maximum Gasteiger partial charge on any atom is 0.302 e. The number of nitro benzene ring substituents is 1. The Balaban J connectivity index is 1.51. The summed E-state index contributed by atoms with van der Waals surface area (Å²) in [6, 6.07) is 10.7. The number of morpholine rings is 1. The van der Waals surface area contributed by atoms with Crippen LogP contribution in [0.15, 0.2) is 36.4 Å². The Morgan fingerprint density at radius 3 is 2.64 bits per heavy atom. The number of carbonyl (C=O) groups is 1. The number of anilines is 2. The van der Waals surface area contributed by atoms with Gasteiger partial charge >= 0.3 is 5.91 Å². The highest BCUT2D eigenvalue weighted by Crippen LogP contribution is 2.40. The van der Waals surface area contributed by atoms with Crippen LogP contribution in [-0.2, 0) is 22.4 Å². The second-order valence-corrected chi connectivity index (χ2v) is 10.3. The zero-order valence-corrected chi connectivity index (χ0v) is 21.2. The average molecular weight is 515 g/mol. The molecular formula is C26H33ClN5O4+. The minimum atomic E-state index is -0.878. The Kier molecular flexibility index (Phi) is 7.16. The van der Waals surface area contributed by atoms with Crippen molar-refractivity contribution in [3.05, 3.63) is 57.6 Å². The summed E-state index contributed by atoms with van der Waals surface area (Å²) in [7, 11) is 0. The van der Waals surface area contributed by atoms with Crippen LogP contribution in [0.2, 0.25) is 0 Å². The first kappa shape index (κ1) is 25.0. The number of rotatable bonds is 6. The first-order chi connectivity index (χ1) is 17.4. The van der Waals surface area contributed by atoms with Crippen molar-refractivity contribution in [1.82, 2.24) is 9.38 Å². The highest BCUT2D eigenvalue weighted by atomic mass is 35.5.